The van der Waals surface area contributed by atoms with E-state index in [-0.39, 0.29) is 18.1 Å². The summed E-state index contributed by atoms with van der Waals surface area (Å²) < 4.78 is 5.24. The van der Waals surface area contributed by atoms with Gasteiger partial charge in [0.2, 0.25) is 0 Å². The Bertz CT molecular complexity index is 729. The number of aryl methyl sites for hydroxylation is 1. The Balaban J connectivity index is 2.22. The highest BCUT2D eigenvalue weighted by molar-refractivity contribution is 5.99. The number of carbonyl (C=O) groups is 1. The highest BCUT2D eigenvalue weighted by Gasteiger charge is 2.19. The van der Waals surface area contributed by atoms with Crippen molar-refractivity contribution in [2.24, 2.45) is 5.92 Å². The van der Waals surface area contributed by atoms with Crippen LogP contribution in [0.1, 0.15) is 42.1 Å². The van der Waals surface area contributed by atoms with Gasteiger partial charge in [0.1, 0.15) is 11.1 Å². The minimum absolute atomic E-state index is 0.0583. The molecule has 2 rings (SSSR count). The van der Waals surface area contributed by atoms with Gasteiger partial charge in [-0.05, 0) is 37.3 Å². The summed E-state index contributed by atoms with van der Waals surface area (Å²) in [6, 6.07) is 7.17. The van der Waals surface area contributed by atoms with Crippen molar-refractivity contribution in [3.63, 3.8) is 0 Å². The van der Waals surface area contributed by atoms with E-state index >= 15 is 0 Å². The molecular weight excluding hydrogens is 294 g/mol. The summed E-state index contributed by atoms with van der Waals surface area (Å²) in [7, 11) is 0. The highest BCUT2D eigenvalue weighted by Crippen LogP contribution is 2.19. The number of rotatable bonds is 7. The average molecular weight is 317 g/mol. The molecule has 1 heterocycles. The quantitative estimate of drug-likeness (QED) is 0.769. The van der Waals surface area contributed by atoms with Crippen LogP contribution in [0.3, 0.4) is 0 Å². The zero-order valence-electron chi connectivity index (χ0n) is 13.6. The Labute approximate surface area is 135 Å². The van der Waals surface area contributed by atoms with E-state index in [0.717, 1.165) is 18.2 Å². The lowest BCUT2D eigenvalue weighted by molar-refractivity contribution is 0.0938. The molecule has 0 aliphatic heterocycles. The SMILES string of the molecule is CCCC(CCO)CNC(=O)c1c(C)c2ccccc2oc1=O. The molecule has 0 spiro atoms. The number of hydrogen-bond acceptors (Lipinski definition) is 4. The minimum Gasteiger partial charge on any atom is -0.422 e. The third-order valence-corrected chi connectivity index (χ3v) is 4.09. The predicted octanol–water partition coefficient (Wildman–Crippen LogP) is 2.63. The Morgan fingerprint density at radius 1 is 1.30 bits per heavy atom. The number of hydrogen-bond donors (Lipinski definition) is 2. The molecule has 1 unspecified atom stereocenters. The average Bonchev–Trinajstić information content (AvgIpc) is 2.53. The molecule has 1 atom stereocenters. The van der Waals surface area contributed by atoms with Gasteiger partial charge in [0.05, 0.1) is 0 Å². The maximum Gasteiger partial charge on any atom is 0.349 e. The zero-order valence-corrected chi connectivity index (χ0v) is 13.6. The summed E-state index contributed by atoms with van der Waals surface area (Å²) in [5.41, 5.74) is 0.551. The van der Waals surface area contributed by atoms with Crippen LogP contribution in [0.15, 0.2) is 33.5 Å². The van der Waals surface area contributed by atoms with Crippen LogP contribution in [-0.4, -0.2) is 24.2 Å². The summed E-state index contributed by atoms with van der Waals surface area (Å²) in [6.07, 6.45) is 2.54. The maximum absolute atomic E-state index is 12.4. The number of fused-ring (bicyclic) bond motifs is 1. The molecular formula is C18H23NO4. The van der Waals surface area contributed by atoms with Crippen molar-refractivity contribution in [2.75, 3.05) is 13.2 Å². The normalized spacial score (nSPS) is 12.3. The van der Waals surface area contributed by atoms with E-state index in [9.17, 15) is 9.59 Å². The van der Waals surface area contributed by atoms with E-state index in [2.05, 4.69) is 12.2 Å². The van der Waals surface area contributed by atoms with E-state index in [0.29, 0.717) is 24.1 Å². The first kappa shape index (κ1) is 17.2. The van der Waals surface area contributed by atoms with Crippen LogP contribution in [0, 0.1) is 12.8 Å². The third kappa shape index (κ3) is 3.99. The number of para-hydroxylation sites is 1. The van der Waals surface area contributed by atoms with Gasteiger partial charge in [0.25, 0.3) is 5.91 Å². The summed E-state index contributed by atoms with van der Waals surface area (Å²) in [4.78, 5) is 24.5. The van der Waals surface area contributed by atoms with Crippen molar-refractivity contribution in [3.8, 4) is 0 Å². The zero-order chi connectivity index (χ0) is 16.8. The van der Waals surface area contributed by atoms with Gasteiger partial charge in [-0.3, -0.25) is 4.79 Å². The molecule has 5 nitrogen and oxygen atoms in total. The van der Waals surface area contributed by atoms with Crippen LogP contribution in [-0.2, 0) is 0 Å². The van der Waals surface area contributed by atoms with E-state index < -0.39 is 11.5 Å². The van der Waals surface area contributed by atoms with Gasteiger partial charge in [-0.1, -0.05) is 31.5 Å². The molecule has 5 heteroatoms. The van der Waals surface area contributed by atoms with E-state index in [4.69, 9.17) is 9.52 Å². The van der Waals surface area contributed by atoms with Gasteiger partial charge in [-0.2, -0.15) is 0 Å². The van der Waals surface area contributed by atoms with Gasteiger partial charge in [0.15, 0.2) is 0 Å². The van der Waals surface area contributed by atoms with Crippen LogP contribution in [0.4, 0.5) is 0 Å². The van der Waals surface area contributed by atoms with Gasteiger partial charge in [-0.25, -0.2) is 4.79 Å². The monoisotopic (exact) mass is 317 g/mol. The molecule has 0 saturated carbocycles. The lowest BCUT2D eigenvalue weighted by Gasteiger charge is -2.16. The topological polar surface area (TPSA) is 79.5 Å². The van der Waals surface area contributed by atoms with Crippen molar-refractivity contribution < 1.29 is 14.3 Å². The second kappa shape index (κ2) is 7.92. The van der Waals surface area contributed by atoms with Crippen LogP contribution in [0.2, 0.25) is 0 Å². The Hall–Kier alpha value is -2.14. The predicted molar refractivity (Wildman–Crippen MR) is 89.7 cm³/mol. The Kier molecular flexibility index (Phi) is 5.93. The molecule has 0 bridgehead atoms. The van der Waals surface area contributed by atoms with Gasteiger partial charge in [0, 0.05) is 18.5 Å². The number of amides is 1. The van der Waals surface area contributed by atoms with Gasteiger partial charge in [-0.15, -0.1) is 0 Å². The molecule has 1 aromatic carbocycles. The molecule has 1 amide bonds. The number of aliphatic hydroxyl groups is 1. The summed E-state index contributed by atoms with van der Waals surface area (Å²) in [6.45, 7) is 4.36. The summed E-state index contributed by atoms with van der Waals surface area (Å²) >= 11 is 0. The van der Waals surface area contributed by atoms with Crippen molar-refractivity contribution in [2.45, 2.75) is 33.1 Å². The van der Waals surface area contributed by atoms with Crippen LogP contribution < -0.4 is 10.9 Å². The molecule has 2 aromatic rings. The van der Waals surface area contributed by atoms with Gasteiger partial charge >= 0.3 is 5.63 Å². The van der Waals surface area contributed by atoms with E-state index in [1.807, 2.05) is 12.1 Å². The fraction of sp³-hybridized carbons (Fsp3) is 0.444. The van der Waals surface area contributed by atoms with Crippen LogP contribution in [0.25, 0.3) is 11.0 Å². The first-order valence-electron chi connectivity index (χ1n) is 8.00. The van der Waals surface area contributed by atoms with Crippen molar-refractivity contribution in [1.29, 1.82) is 0 Å². The molecule has 0 fully saturated rings. The minimum atomic E-state index is -0.618. The molecule has 1 aromatic heterocycles. The lowest BCUT2D eigenvalue weighted by atomic mass is 10.00. The number of aliphatic hydroxyl groups excluding tert-OH is 1. The van der Waals surface area contributed by atoms with Crippen LogP contribution >= 0.6 is 0 Å². The second-order valence-corrected chi connectivity index (χ2v) is 5.76. The second-order valence-electron chi connectivity index (χ2n) is 5.76. The van der Waals surface area contributed by atoms with E-state index in [1.165, 1.54) is 0 Å². The molecule has 0 aliphatic carbocycles. The van der Waals surface area contributed by atoms with Gasteiger partial charge < -0.3 is 14.8 Å². The first-order valence-corrected chi connectivity index (χ1v) is 8.00. The Morgan fingerprint density at radius 3 is 2.74 bits per heavy atom. The fourth-order valence-corrected chi connectivity index (χ4v) is 2.83. The summed E-state index contributed by atoms with van der Waals surface area (Å²) in [5, 5.41) is 12.6. The largest absolute Gasteiger partial charge is 0.422 e. The molecule has 0 saturated heterocycles. The maximum atomic E-state index is 12.4. The number of benzene rings is 1. The van der Waals surface area contributed by atoms with Crippen molar-refractivity contribution in [1.82, 2.24) is 5.32 Å². The molecule has 2 N–H and O–H groups in total. The van der Waals surface area contributed by atoms with E-state index in [1.54, 1.807) is 19.1 Å². The summed E-state index contributed by atoms with van der Waals surface area (Å²) in [5.74, 6) is -0.206. The van der Waals surface area contributed by atoms with Crippen molar-refractivity contribution >= 4 is 16.9 Å². The first-order chi connectivity index (χ1) is 11.1. The number of nitrogens with one attached hydrogen (secondary N) is 1. The lowest BCUT2D eigenvalue weighted by Crippen LogP contribution is -2.33. The standard InChI is InChI=1S/C18H23NO4/c1-3-6-13(9-10-20)11-19-17(21)16-12(2)14-7-4-5-8-15(14)23-18(16)22/h4-5,7-8,13,20H,3,6,9-11H2,1-2H3,(H,19,21). The Morgan fingerprint density at radius 2 is 2.04 bits per heavy atom. The molecule has 0 aliphatic rings. The molecule has 124 valence electrons. The van der Waals surface area contributed by atoms with Crippen LogP contribution in [0.5, 0.6) is 0 Å². The number of carbonyl (C=O) groups excluding carboxylic acids is 1. The van der Waals surface area contributed by atoms with Crippen molar-refractivity contribution in [3.05, 3.63) is 45.8 Å². The molecule has 0 radical (unpaired) electrons. The highest BCUT2D eigenvalue weighted by atomic mass is 16.4. The smallest absolute Gasteiger partial charge is 0.349 e. The third-order valence-electron chi connectivity index (χ3n) is 4.09. The molecule has 23 heavy (non-hydrogen) atoms. The fourth-order valence-electron chi connectivity index (χ4n) is 2.83.